The molecule has 0 amide bonds. The molecule has 2 atom stereocenters. The lowest BCUT2D eigenvalue weighted by Crippen LogP contribution is -2.34. The van der Waals surface area contributed by atoms with Crippen LogP contribution in [0.3, 0.4) is 0 Å². The summed E-state index contributed by atoms with van der Waals surface area (Å²) < 4.78 is 85.0. The summed E-state index contributed by atoms with van der Waals surface area (Å²) in [6.45, 7) is 0. The number of hydrogen-bond acceptors (Lipinski definition) is 3. The van der Waals surface area contributed by atoms with E-state index in [0.29, 0.717) is 18.2 Å². The summed E-state index contributed by atoms with van der Waals surface area (Å²) in [6.07, 6.45) is -9.12. The van der Waals surface area contributed by atoms with Crippen LogP contribution in [-0.4, -0.2) is 28.7 Å². The Hall–Kier alpha value is -1.06. The average Bonchev–Trinajstić information content (AvgIpc) is 2.37. The van der Waals surface area contributed by atoms with E-state index in [9.17, 15) is 31.1 Å². The molecule has 0 aliphatic rings. The molecule has 0 aromatic heterocycles. The minimum Gasteiger partial charge on any atom is -0.429 e. The maximum atomic E-state index is 13.1. The Labute approximate surface area is 140 Å². The van der Waals surface area contributed by atoms with Gasteiger partial charge in [-0.3, -0.25) is 4.79 Å². The predicted octanol–water partition coefficient (Wildman–Crippen LogP) is 5.08. The number of carbonyl (C=O) groups excluding carboxylic acids is 1. The van der Waals surface area contributed by atoms with E-state index in [2.05, 4.69) is 32.7 Å². The molecule has 23 heavy (non-hydrogen) atoms. The number of rotatable bonds is 7. The molecular formula is C11H5Cl3F6O3. The molecule has 0 saturated carbocycles. The number of halogens is 9. The van der Waals surface area contributed by atoms with Crippen molar-refractivity contribution in [3.05, 3.63) is 23.8 Å². The van der Waals surface area contributed by atoms with Crippen molar-refractivity contribution in [3.63, 3.8) is 0 Å². The van der Waals surface area contributed by atoms with Gasteiger partial charge in [-0.1, -0.05) is 23.2 Å². The number of carbonyl (C=O) groups is 1. The average molecular weight is 406 g/mol. The lowest BCUT2D eigenvalue weighted by atomic mass is 10.2. The summed E-state index contributed by atoms with van der Waals surface area (Å²) in [5, 5.41) is -1.32. The van der Waals surface area contributed by atoms with Gasteiger partial charge in [0.25, 0.3) is 16.5 Å². The van der Waals surface area contributed by atoms with Crippen molar-refractivity contribution in [1.82, 2.24) is 0 Å². The van der Waals surface area contributed by atoms with E-state index < -0.39 is 45.8 Å². The number of ether oxygens (including phenoxy) is 2. The van der Waals surface area contributed by atoms with Crippen molar-refractivity contribution >= 4 is 40.0 Å². The topological polar surface area (TPSA) is 35.5 Å². The van der Waals surface area contributed by atoms with Crippen LogP contribution >= 0.6 is 34.8 Å². The summed E-state index contributed by atoms with van der Waals surface area (Å²) in [6, 6.07) is 1.69. The van der Waals surface area contributed by atoms with E-state index in [0.717, 1.165) is 0 Å². The second kappa shape index (κ2) is 7.23. The highest BCUT2D eigenvalue weighted by Gasteiger charge is 2.44. The summed E-state index contributed by atoms with van der Waals surface area (Å²) in [4.78, 5) is 11.1. The van der Waals surface area contributed by atoms with Gasteiger partial charge in [-0.15, -0.1) is 0 Å². The highest BCUT2D eigenvalue weighted by Crippen LogP contribution is 2.36. The van der Waals surface area contributed by atoms with Crippen LogP contribution in [0, 0.1) is 0 Å². The van der Waals surface area contributed by atoms with E-state index in [1.165, 1.54) is 0 Å². The maximum absolute atomic E-state index is 13.1. The summed E-state index contributed by atoms with van der Waals surface area (Å²) in [5.74, 6) is -2.02. The van der Waals surface area contributed by atoms with Gasteiger partial charge in [0.15, 0.2) is 0 Å². The fraction of sp³-hybridized carbons (Fsp3) is 0.364. The van der Waals surface area contributed by atoms with Gasteiger partial charge in [0.2, 0.25) is 0 Å². The molecule has 1 aromatic rings. The second-order valence-electron chi connectivity index (χ2n) is 3.86. The van der Waals surface area contributed by atoms with Crippen molar-refractivity contribution in [1.29, 1.82) is 0 Å². The van der Waals surface area contributed by atoms with Crippen molar-refractivity contribution in [2.75, 3.05) is 0 Å². The van der Waals surface area contributed by atoms with Crippen LogP contribution in [0.15, 0.2) is 18.2 Å². The van der Waals surface area contributed by atoms with Crippen LogP contribution in [0.5, 0.6) is 11.5 Å². The molecule has 0 heterocycles. The van der Waals surface area contributed by atoms with Crippen molar-refractivity contribution in [2.45, 2.75) is 23.5 Å². The van der Waals surface area contributed by atoms with E-state index in [-0.39, 0.29) is 0 Å². The summed E-state index contributed by atoms with van der Waals surface area (Å²) >= 11 is 14.2. The molecule has 0 bridgehead atoms. The van der Waals surface area contributed by atoms with Crippen molar-refractivity contribution in [2.24, 2.45) is 0 Å². The normalized spacial score (nSPS) is 15.0. The monoisotopic (exact) mass is 404 g/mol. The molecule has 0 aliphatic carbocycles. The Bertz CT molecular complexity index is 582. The van der Waals surface area contributed by atoms with Gasteiger partial charge in [-0.2, -0.15) is 17.6 Å². The molecule has 2 unspecified atom stereocenters. The Morgan fingerprint density at radius 3 is 1.91 bits per heavy atom. The van der Waals surface area contributed by atoms with Gasteiger partial charge in [0, 0.05) is 6.07 Å². The highest BCUT2D eigenvalue weighted by atomic mass is 35.5. The van der Waals surface area contributed by atoms with Crippen LogP contribution in [0.2, 0.25) is 0 Å². The fourth-order valence-corrected chi connectivity index (χ4v) is 1.45. The molecule has 12 heteroatoms. The number of alkyl halides is 8. The molecule has 3 nitrogen and oxygen atoms in total. The molecule has 0 radical (unpaired) electrons. The standard InChI is InChI=1S/C11H5Cl3F6O3/c12-7(21)5-2-1-4(22-10(17,18)8(13)15)3-6(5)23-11(19,20)9(14)16/h1-3,8-9H. The fourth-order valence-electron chi connectivity index (χ4n) is 1.21. The van der Waals surface area contributed by atoms with Gasteiger partial charge in [0.05, 0.1) is 5.56 Å². The first-order valence-electron chi connectivity index (χ1n) is 5.40. The molecule has 0 aliphatic heterocycles. The van der Waals surface area contributed by atoms with Crippen LogP contribution in [0.1, 0.15) is 10.4 Å². The first-order valence-corrected chi connectivity index (χ1v) is 6.65. The highest BCUT2D eigenvalue weighted by molar-refractivity contribution is 6.68. The molecule has 130 valence electrons. The zero-order chi connectivity index (χ0) is 18.0. The molecule has 1 aromatic carbocycles. The van der Waals surface area contributed by atoms with Gasteiger partial charge in [-0.05, 0) is 23.7 Å². The summed E-state index contributed by atoms with van der Waals surface area (Å²) in [5.41, 5.74) is -7.28. The van der Waals surface area contributed by atoms with Crippen molar-refractivity contribution in [3.8, 4) is 11.5 Å². The minimum absolute atomic E-state index is 0.343. The largest absolute Gasteiger partial charge is 0.444 e. The van der Waals surface area contributed by atoms with E-state index in [4.69, 9.17) is 11.6 Å². The molecule has 0 spiro atoms. The SMILES string of the molecule is O=C(Cl)c1ccc(OC(F)(F)C(F)Cl)cc1OC(F)(F)C(F)Cl. The second-order valence-corrected chi connectivity index (χ2v) is 4.97. The molecule has 1 rings (SSSR count). The zero-order valence-corrected chi connectivity index (χ0v) is 12.8. The smallest absolute Gasteiger partial charge is 0.429 e. The van der Waals surface area contributed by atoms with Crippen molar-refractivity contribution < 1.29 is 40.6 Å². The Morgan fingerprint density at radius 1 is 1.00 bits per heavy atom. The van der Waals surface area contributed by atoms with Crippen LogP contribution in [0.25, 0.3) is 0 Å². The van der Waals surface area contributed by atoms with E-state index in [1.807, 2.05) is 0 Å². The number of benzene rings is 1. The maximum Gasteiger partial charge on any atom is 0.444 e. The Morgan fingerprint density at radius 2 is 1.48 bits per heavy atom. The lowest BCUT2D eigenvalue weighted by Gasteiger charge is -2.21. The first-order chi connectivity index (χ1) is 10.4. The van der Waals surface area contributed by atoms with Crippen LogP contribution in [0.4, 0.5) is 26.3 Å². The molecule has 0 N–H and O–H groups in total. The summed E-state index contributed by atoms with van der Waals surface area (Å²) in [7, 11) is 0. The van der Waals surface area contributed by atoms with Gasteiger partial charge < -0.3 is 9.47 Å². The molecular weight excluding hydrogens is 400 g/mol. The predicted molar refractivity (Wildman–Crippen MR) is 69.3 cm³/mol. The lowest BCUT2D eigenvalue weighted by molar-refractivity contribution is -0.202. The third-order valence-corrected chi connectivity index (χ3v) is 2.88. The van der Waals surface area contributed by atoms with E-state index >= 15 is 0 Å². The molecule has 0 saturated heterocycles. The first kappa shape index (κ1) is 20.0. The van der Waals surface area contributed by atoms with Crippen LogP contribution in [-0.2, 0) is 0 Å². The van der Waals surface area contributed by atoms with Crippen LogP contribution < -0.4 is 9.47 Å². The number of hydrogen-bond donors (Lipinski definition) is 0. The van der Waals surface area contributed by atoms with E-state index in [1.54, 1.807) is 0 Å². The third kappa shape index (κ3) is 5.22. The third-order valence-electron chi connectivity index (χ3n) is 2.17. The Balaban J connectivity index is 3.21. The van der Waals surface area contributed by atoms with Gasteiger partial charge in [-0.25, -0.2) is 8.78 Å². The zero-order valence-electron chi connectivity index (χ0n) is 10.5. The van der Waals surface area contributed by atoms with Gasteiger partial charge >= 0.3 is 12.2 Å². The van der Waals surface area contributed by atoms with Gasteiger partial charge in [0.1, 0.15) is 11.5 Å². The quantitative estimate of drug-likeness (QED) is 0.361. The molecule has 0 fully saturated rings. The Kier molecular flexibility index (Phi) is 6.28. The minimum atomic E-state index is -4.61.